The van der Waals surface area contributed by atoms with Gasteiger partial charge in [0, 0.05) is 27.7 Å². The molecule has 1 N–H and O–H groups in total. The number of rotatable bonds is 3. The number of carbonyl (C=O) groups excluding carboxylic acids is 2. The molecule has 1 aliphatic carbocycles. The van der Waals surface area contributed by atoms with E-state index in [1.165, 1.54) is 0 Å². The highest BCUT2D eigenvalue weighted by Crippen LogP contribution is 2.31. The van der Waals surface area contributed by atoms with Crippen molar-refractivity contribution in [2.45, 2.75) is 6.54 Å². The van der Waals surface area contributed by atoms with Crippen molar-refractivity contribution in [1.82, 2.24) is 5.32 Å². The van der Waals surface area contributed by atoms with Crippen LogP contribution in [0.15, 0.2) is 65.3 Å². The Labute approximate surface area is 170 Å². The van der Waals surface area contributed by atoms with Crippen LogP contribution in [0, 0.1) is 0 Å². The van der Waals surface area contributed by atoms with Gasteiger partial charge in [-0.3, -0.25) is 9.59 Å². The first kappa shape index (κ1) is 18.1. The van der Waals surface area contributed by atoms with Gasteiger partial charge < -0.3 is 5.32 Å². The van der Waals surface area contributed by atoms with Crippen molar-refractivity contribution < 1.29 is 9.59 Å². The molecule has 0 fully saturated rings. The number of hydrogen-bond donors (Lipinski definition) is 1. The maximum Gasteiger partial charge on any atom is 0.211 e. The van der Waals surface area contributed by atoms with Crippen LogP contribution in [0.25, 0.3) is 10.8 Å². The Bertz CT molecular complexity index is 1150. The predicted molar refractivity (Wildman–Crippen MR) is 109 cm³/mol. The molecule has 0 spiro atoms. The van der Waals surface area contributed by atoms with Crippen LogP contribution < -0.4 is 5.32 Å². The van der Waals surface area contributed by atoms with E-state index >= 15 is 0 Å². The molecular weight excluding hydrogens is 405 g/mol. The highest BCUT2D eigenvalue weighted by molar-refractivity contribution is 6.50. The average molecular weight is 417 g/mol. The Morgan fingerprint density at radius 3 is 2.04 bits per heavy atom. The summed E-state index contributed by atoms with van der Waals surface area (Å²) in [5.41, 5.74) is 1.48. The van der Waals surface area contributed by atoms with E-state index in [0.29, 0.717) is 21.2 Å². The molecule has 1 aliphatic rings. The Morgan fingerprint density at radius 1 is 0.778 bits per heavy atom. The zero-order valence-electron chi connectivity index (χ0n) is 13.9. The van der Waals surface area contributed by atoms with Crippen LogP contribution in [0.1, 0.15) is 26.3 Å². The van der Waals surface area contributed by atoms with Crippen molar-refractivity contribution in [3.8, 4) is 0 Å². The summed E-state index contributed by atoms with van der Waals surface area (Å²) in [7, 11) is 0. The maximum absolute atomic E-state index is 13.0. The minimum atomic E-state index is -0.373. The van der Waals surface area contributed by atoms with Gasteiger partial charge in [-0.05, 0) is 40.6 Å². The third kappa shape index (κ3) is 3.23. The third-order valence-corrected chi connectivity index (χ3v) is 5.44. The normalized spacial score (nSPS) is 13.9. The van der Waals surface area contributed by atoms with Crippen LogP contribution in [0.2, 0.25) is 10.0 Å². The summed E-state index contributed by atoms with van der Waals surface area (Å²) in [6.07, 6.45) is 0. The second-order valence-corrected chi connectivity index (χ2v) is 7.40. The van der Waals surface area contributed by atoms with Gasteiger partial charge in [0.2, 0.25) is 11.6 Å². The van der Waals surface area contributed by atoms with Crippen LogP contribution in [0.5, 0.6) is 0 Å². The number of Topliss-reactive ketones (excluding diaryl/α,β-unsaturated/α-hetero) is 2. The molecule has 27 heavy (non-hydrogen) atoms. The minimum absolute atomic E-state index is 0.0791. The molecule has 0 atom stereocenters. The van der Waals surface area contributed by atoms with Crippen LogP contribution >= 0.6 is 34.8 Å². The summed E-state index contributed by atoms with van der Waals surface area (Å²) < 4.78 is 0. The van der Waals surface area contributed by atoms with E-state index in [4.69, 9.17) is 34.8 Å². The van der Waals surface area contributed by atoms with Crippen LogP contribution in [0.3, 0.4) is 0 Å². The second-order valence-electron chi connectivity index (χ2n) is 6.18. The van der Waals surface area contributed by atoms with Crippen molar-refractivity contribution >= 4 is 57.1 Å². The Morgan fingerprint density at radius 2 is 1.41 bits per heavy atom. The predicted octanol–water partition coefficient (Wildman–Crippen LogP) is 5.77. The highest BCUT2D eigenvalue weighted by Gasteiger charge is 2.31. The topological polar surface area (TPSA) is 46.2 Å². The SMILES string of the molecule is O=C1C(Cl)=C(NCc2ccc(Cl)cc2Cl)C(=O)c2cc3ccccc3cc21. The second kappa shape index (κ2) is 7.01. The van der Waals surface area contributed by atoms with Gasteiger partial charge in [-0.1, -0.05) is 65.1 Å². The number of nitrogens with one attached hydrogen (secondary N) is 1. The van der Waals surface area contributed by atoms with Crippen LogP contribution in [-0.2, 0) is 6.54 Å². The molecule has 0 heterocycles. The number of fused-ring (bicyclic) bond motifs is 2. The Kier molecular flexibility index (Phi) is 4.68. The van der Waals surface area contributed by atoms with Gasteiger partial charge in [-0.2, -0.15) is 0 Å². The number of hydrogen-bond acceptors (Lipinski definition) is 3. The van der Waals surface area contributed by atoms with E-state index in [0.717, 1.165) is 16.3 Å². The summed E-state index contributed by atoms with van der Waals surface area (Å²) in [6, 6.07) is 16.1. The fourth-order valence-electron chi connectivity index (χ4n) is 3.09. The van der Waals surface area contributed by atoms with Crippen molar-refractivity contribution in [2.75, 3.05) is 0 Å². The summed E-state index contributed by atoms with van der Waals surface area (Å²) in [4.78, 5) is 25.7. The van der Waals surface area contributed by atoms with E-state index in [9.17, 15) is 9.59 Å². The molecule has 6 heteroatoms. The first-order chi connectivity index (χ1) is 13.0. The largest absolute Gasteiger partial charge is 0.376 e. The fourth-order valence-corrected chi connectivity index (χ4v) is 3.82. The Hall–Kier alpha value is -2.33. The molecule has 0 saturated heterocycles. The van der Waals surface area contributed by atoms with Gasteiger partial charge in [-0.25, -0.2) is 0 Å². The third-order valence-electron chi connectivity index (χ3n) is 4.49. The zero-order valence-corrected chi connectivity index (χ0v) is 16.1. The van der Waals surface area contributed by atoms with E-state index in [1.54, 1.807) is 30.3 Å². The first-order valence-electron chi connectivity index (χ1n) is 8.15. The zero-order chi connectivity index (χ0) is 19.1. The molecule has 134 valence electrons. The molecule has 4 rings (SSSR count). The molecule has 0 aliphatic heterocycles. The van der Waals surface area contributed by atoms with Gasteiger partial charge in [0.1, 0.15) is 10.7 Å². The van der Waals surface area contributed by atoms with Gasteiger partial charge in [0.15, 0.2) is 0 Å². The lowest BCUT2D eigenvalue weighted by atomic mass is 9.89. The minimum Gasteiger partial charge on any atom is -0.376 e. The maximum atomic E-state index is 13.0. The van der Waals surface area contributed by atoms with Crippen molar-refractivity contribution in [3.05, 3.63) is 92.1 Å². The molecule has 0 radical (unpaired) electrons. The molecule has 0 amide bonds. The Balaban J connectivity index is 1.70. The smallest absolute Gasteiger partial charge is 0.211 e. The molecule has 0 saturated carbocycles. The highest BCUT2D eigenvalue weighted by atomic mass is 35.5. The molecule has 0 unspecified atom stereocenters. The number of benzene rings is 3. The lowest BCUT2D eigenvalue weighted by Gasteiger charge is -2.20. The molecule has 0 aromatic heterocycles. The summed E-state index contributed by atoms with van der Waals surface area (Å²) >= 11 is 18.3. The van der Waals surface area contributed by atoms with E-state index in [1.807, 2.05) is 24.3 Å². The number of carbonyl (C=O) groups is 2. The molecule has 3 nitrogen and oxygen atoms in total. The quantitative estimate of drug-likeness (QED) is 0.590. The summed E-state index contributed by atoms with van der Waals surface area (Å²) in [5.74, 6) is -0.688. The van der Waals surface area contributed by atoms with Gasteiger partial charge in [-0.15, -0.1) is 0 Å². The average Bonchev–Trinajstić information content (AvgIpc) is 2.66. The monoisotopic (exact) mass is 415 g/mol. The molecule has 0 bridgehead atoms. The standard InChI is InChI=1S/C21H12Cl3NO2/c22-14-6-5-13(17(23)9-14)10-25-19-18(24)20(26)15-7-11-3-1-2-4-12(11)8-16(15)21(19)27/h1-9,25H,10H2. The molecule has 3 aromatic rings. The number of halogens is 3. The van der Waals surface area contributed by atoms with Crippen LogP contribution in [0.4, 0.5) is 0 Å². The number of allylic oxidation sites excluding steroid dienone is 2. The first-order valence-corrected chi connectivity index (χ1v) is 9.29. The van der Waals surface area contributed by atoms with E-state index in [-0.39, 0.29) is 28.8 Å². The van der Waals surface area contributed by atoms with Gasteiger partial charge in [0.25, 0.3) is 0 Å². The van der Waals surface area contributed by atoms with E-state index < -0.39 is 0 Å². The summed E-state index contributed by atoms with van der Waals surface area (Å²) in [6.45, 7) is 0.240. The van der Waals surface area contributed by atoms with Crippen LogP contribution in [-0.4, -0.2) is 11.6 Å². The molecular formula is C21H12Cl3NO2. The number of ketones is 2. The fraction of sp³-hybridized carbons (Fsp3) is 0.0476. The van der Waals surface area contributed by atoms with Gasteiger partial charge in [0.05, 0.1) is 0 Å². The lowest BCUT2D eigenvalue weighted by Crippen LogP contribution is -2.29. The van der Waals surface area contributed by atoms with Crippen molar-refractivity contribution in [1.29, 1.82) is 0 Å². The lowest BCUT2D eigenvalue weighted by molar-refractivity contribution is 0.0974. The van der Waals surface area contributed by atoms with Gasteiger partial charge >= 0.3 is 0 Å². The summed E-state index contributed by atoms with van der Waals surface area (Å²) in [5, 5.41) is 5.60. The van der Waals surface area contributed by atoms with Crippen molar-refractivity contribution in [3.63, 3.8) is 0 Å². The molecule has 3 aromatic carbocycles. The van der Waals surface area contributed by atoms with E-state index in [2.05, 4.69) is 5.32 Å². The van der Waals surface area contributed by atoms with Crippen molar-refractivity contribution in [2.24, 2.45) is 0 Å².